The highest BCUT2D eigenvalue weighted by atomic mass is 19.4. The Morgan fingerprint density at radius 2 is 1.93 bits per heavy atom. The highest BCUT2D eigenvalue weighted by molar-refractivity contribution is 6.05. The molecule has 0 spiro atoms. The molecule has 1 aromatic carbocycles. The van der Waals surface area contributed by atoms with Crippen molar-refractivity contribution < 1.29 is 31.9 Å². The number of nitrogens with zero attached hydrogens (tertiary/aromatic N) is 6. The lowest BCUT2D eigenvalue weighted by molar-refractivity contribution is -0.750. The molecule has 0 bridgehead atoms. The Balaban J connectivity index is 1.24. The summed E-state index contributed by atoms with van der Waals surface area (Å²) in [5.41, 5.74) is 2.34. The van der Waals surface area contributed by atoms with E-state index in [-0.39, 0.29) is 27.8 Å². The number of alkyl halides is 3. The highest BCUT2D eigenvalue weighted by Crippen LogP contribution is 2.38. The second-order valence-corrected chi connectivity index (χ2v) is 10.8. The molecule has 0 aliphatic carbocycles. The quantitative estimate of drug-likeness (QED) is 0.319. The van der Waals surface area contributed by atoms with Crippen molar-refractivity contribution in [1.82, 2.24) is 15.0 Å². The first-order chi connectivity index (χ1) is 21.0. The zero-order valence-corrected chi connectivity index (χ0v) is 23.8. The predicted octanol–water partition coefficient (Wildman–Crippen LogP) is 4.73. The number of hydrogen-bond acceptors (Lipinski definition) is 8. The first-order valence-electron chi connectivity index (χ1n) is 13.8. The molecule has 0 radical (unpaired) electrons. The zero-order chi connectivity index (χ0) is 31.2. The van der Waals surface area contributed by atoms with Crippen molar-refractivity contribution in [2.24, 2.45) is 21.7 Å². The summed E-state index contributed by atoms with van der Waals surface area (Å²) in [5, 5.41) is 6.32. The van der Waals surface area contributed by atoms with E-state index in [1.54, 1.807) is 49.5 Å². The Hall–Kier alpha value is -4.95. The van der Waals surface area contributed by atoms with Crippen molar-refractivity contribution in [2.45, 2.75) is 32.9 Å². The van der Waals surface area contributed by atoms with Crippen LogP contribution in [0.4, 0.5) is 19.0 Å². The Kier molecular flexibility index (Phi) is 7.25. The van der Waals surface area contributed by atoms with Crippen LogP contribution in [-0.4, -0.2) is 56.6 Å². The number of carbonyl (C=O) groups is 2. The molecule has 5 heterocycles. The van der Waals surface area contributed by atoms with Gasteiger partial charge in [0.1, 0.15) is 29.0 Å². The monoisotopic (exact) mass is 605 g/mol. The van der Waals surface area contributed by atoms with Gasteiger partial charge in [-0.25, -0.2) is 4.98 Å². The number of likely N-dealkylation sites (tertiary alicyclic amines) is 1. The molecule has 1 unspecified atom stereocenters. The highest BCUT2D eigenvalue weighted by Gasteiger charge is 2.46. The van der Waals surface area contributed by atoms with Crippen LogP contribution in [0.5, 0.6) is 0 Å². The van der Waals surface area contributed by atoms with E-state index < -0.39 is 17.6 Å². The number of nitrogens with one attached hydrogen (secondary N) is 1. The summed E-state index contributed by atoms with van der Waals surface area (Å²) in [4.78, 5) is 41.1. The number of amides is 2. The van der Waals surface area contributed by atoms with E-state index in [4.69, 9.17) is 15.4 Å². The Morgan fingerprint density at radius 3 is 2.64 bits per heavy atom. The van der Waals surface area contributed by atoms with Crippen LogP contribution in [0, 0.1) is 19.8 Å². The summed E-state index contributed by atoms with van der Waals surface area (Å²) < 4.78 is 44.1. The van der Waals surface area contributed by atoms with Crippen LogP contribution in [0.3, 0.4) is 0 Å². The number of aryl methyl sites for hydroxylation is 2. The number of allylic oxidation sites excluding steroid dienone is 1. The van der Waals surface area contributed by atoms with Crippen LogP contribution in [0.1, 0.15) is 56.1 Å². The van der Waals surface area contributed by atoms with Gasteiger partial charge in [0.25, 0.3) is 17.6 Å². The summed E-state index contributed by atoms with van der Waals surface area (Å²) in [6.45, 7) is 4.48. The lowest BCUT2D eigenvalue weighted by Gasteiger charge is -2.33. The average Bonchev–Trinajstić information content (AvgIpc) is 3.51. The summed E-state index contributed by atoms with van der Waals surface area (Å²) >= 11 is 0. The number of piperidine rings is 1. The molecule has 6 rings (SSSR count). The second kappa shape index (κ2) is 11.0. The molecular formula is C30H28F3N8O3+. The summed E-state index contributed by atoms with van der Waals surface area (Å²) in [6.07, 6.45) is 2.94. The summed E-state index contributed by atoms with van der Waals surface area (Å²) in [6, 6.07) is 8.03. The number of pyridine rings is 1. The van der Waals surface area contributed by atoms with E-state index in [2.05, 4.69) is 20.4 Å². The van der Waals surface area contributed by atoms with Gasteiger partial charge in [0.05, 0.1) is 29.2 Å². The van der Waals surface area contributed by atoms with Crippen LogP contribution in [-0.2, 0) is 6.18 Å². The number of rotatable bonds is 5. The molecule has 14 heteroatoms. The average molecular weight is 606 g/mol. The van der Waals surface area contributed by atoms with Crippen molar-refractivity contribution in [3.8, 4) is 0 Å². The molecule has 3 aliphatic rings. The van der Waals surface area contributed by atoms with Gasteiger partial charge < -0.3 is 14.7 Å². The van der Waals surface area contributed by atoms with Gasteiger partial charge in [0.2, 0.25) is 5.70 Å². The number of anilines is 1. The molecular weight excluding hydrogens is 577 g/mol. The molecule has 226 valence electrons. The molecule has 0 saturated carbocycles. The second-order valence-electron chi connectivity index (χ2n) is 10.8. The van der Waals surface area contributed by atoms with Crippen LogP contribution in [0.15, 0.2) is 80.9 Å². The molecule has 11 nitrogen and oxygen atoms in total. The predicted molar refractivity (Wildman–Crippen MR) is 154 cm³/mol. The van der Waals surface area contributed by atoms with Gasteiger partial charge in [0, 0.05) is 30.8 Å². The van der Waals surface area contributed by atoms with Gasteiger partial charge in [-0.15, -0.1) is 4.59 Å². The lowest BCUT2D eigenvalue weighted by atomic mass is 9.93. The summed E-state index contributed by atoms with van der Waals surface area (Å²) in [7, 11) is 0. The van der Waals surface area contributed by atoms with Crippen molar-refractivity contribution in [1.29, 1.82) is 0 Å². The van der Waals surface area contributed by atoms with Crippen LogP contribution in [0.25, 0.3) is 0 Å². The van der Waals surface area contributed by atoms with Gasteiger partial charge in [-0.1, -0.05) is 5.16 Å². The normalized spacial score (nSPS) is 21.4. The number of nitrogens with two attached hydrogens (primary N) is 1. The number of carbonyl (C=O) groups excluding carboxylic acids is 2. The number of aliphatic imine (C=N–C) groups is 2. The fourth-order valence-corrected chi connectivity index (χ4v) is 5.67. The Labute approximate surface area is 249 Å². The maximum atomic E-state index is 13.4. The Bertz CT molecular complexity index is 1750. The summed E-state index contributed by atoms with van der Waals surface area (Å²) in [5.74, 6) is 6.78. The number of fused-ring (bicyclic) bond motifs is 1. The van der Waals surface area contributed by atoms with Crippen molar-refractivity contribution in [3.05, 3.63) is 100 Å². The molecule has 3 aromatic rings. The minimum Gasteiger partial charge on any atom is -0.361 e. The van der Waals surface area contributed by atoms with E-state index in [0.717, 1.165) is 36.9 Å². The fourth-order valence-electron chi connectivity index (χ4n) is 5.67. The third-order valence-electron chi connectivity index (χ3n) is 7.90. The van der Waals surface area contributed by atoms with Crippen LogP contribution < -0.4 is 11.2 Å². The maximum Gasteiger partial charge on any atom is 0.416 e. The number of amidine groups is 1. The lowest BCUT2D eigenvalue weighted by Crippen LogP contribution is -2.53. The largest absolute Gasteiger partial charge is 0.416 e. The molecule has 3 N–H and O–H groups in total. The molecule has 2 amide bonds. The van der Waals surface area contributed by atoms with Crippen molar-refractivity contribution in [2.75, 3.05) is 18.4 Å². The number of hydrogen-bond donors (Lipinski definition) is 2. The van der Waals surface area contributed by atoms with Crippen LogP contribution >= 0.6 is 0 Å². The van der Waals surface area contributed by atoms with Crippen LogP contribution in [0.2, 0.25) is 0 Å². The van der Waals surface area contributed by atoms with Crippen molar-refractivity contribution >= 4 is 29.7 Å². The maximum absolute atomic E-state index is 13.4. The Morgan fingerprint density at radius 1 is 1.16 bits per heavy atom. The third-order valence-corrected chi connectivity index (χ3v) is 7.90. The SMILES string of the molecule is Cc1noc(C)c1C(=O)N1CCC[C@@H](C2=C3C=NC=C[N+]3(N)C(c3ccc(C(=O)Nc4cc(C(F)(F)F)ccn4)cc3)=N2)C1. The molecule has 2 atom stereocenters. The molecule has 2 aromatic heterocycles. The van der Waals surface area contributed by atoms with Gasteiger partial charge in [-0.05, 0) is 63.1 Å². The van der Waals surface area contributed by atoms with Gasteiger partial charge in [-0.2, -0.15) is 24.0 Å². The van der Waals surface area contributed by atoms with E-state index in [0.29, 0.717) is 47.2 Å². The molecule has 3 aliphatic heterocycles. The molecule has 1 fully saturated rings. The first kappa shape index (κ1) is 29.1. The van der Waals surface area contributed by atoms with Crippen molar-refractivity contribution in [3.63, 3.8) is 0 Å². The zero-order valence-electron chi connectivity index (χ0n) is 23.8. The van der Waals surface area contributed by atoms with E-state index in [1.165, 1.54) is 12.1 Å². The molecule has 44 heavy (non-hydrogen) atoms. The first-order valence-corrected chi connectivity index (χ1v) is 13.8. The van der Waals surface area contributed by atoms with Gasteiger partial charge in [-0.3, -0.25) is 14.6 Å². The molecule has 1 saturated heterocycles. The number of quaternary nitrogens is 1. The van der Waals surface area contributed by atoms with E-state index in [9.17, 15) is 22.8 Å². The minimum absolute atomic E-state index is 0.107. The minimum atomic E-state index is -4.56. The number of halogens is 3. The topological polar surface area (TPSA) is 139 Å². The van der Waals surface area contributed by atoms with E-state index >= 15 is 0 Å². The number of aromatic nitrogens is 2. The fraction of sp³-hybridized carbons (Fsp3) is 0.267. The van der Waals surface area contributed by atoms with Gasteiger partial charge >= 0.3 is 6.18 Å². The number of benzene rings is 1. The van der Waals surface area contributed by atoms with E-state index in [1.807, 2.05) is 0 Å². The van der Waals surface area contributed by atoms with Gasteiger partial charge in [0.15, 0.2) is 0 Å². The third kappa shape index (κ3) is 5.22. The smallest absolute Gasteiger partial charge is 0.361 e. The standard InChI is InChI=1S/C30H27F3N8O3/c1-17-25(18(2)44-39-17)29(43)40-12-3-4-21(16-40)26-23-15-35-11-13-41(23,34)27(38-26)19-5-7-20(8-6-19)28(42)37-24-14-22(9-10-36-24)30(31,32)33/h5-11,13-15,21H,3-4,12,16,34H2,1-2H3/p+1/t21-,41?/m1/s1.